The fourth-order valence-corrected chi connectivity index (χ4v) is 4.77. The fraction of sp³-hybridized carbons (Fsp3) is 0.281. The molecule has 7 heteroatoms. The average Bonchev–Trinajstić information content (AvgIpc) is 3.14. The predicted molar refractivity (Wildman–Crippen MR) is 150 cm³/mol. The quantitative estimate of drug-likeness (QED) is 0.140. The van der Waals surface area contributed by atoms with Gasteiger partial charge in [-0.3, -0.25) is 19.3 Å². The monoisotopic (exact) mass is 527 g/mol. The lowest BCUT2D eigenvalue weighted by molar-refractivity contribution is -0.132. The van der Waals surface area contributed by atoms with Crippen molar-refractivity contribution < 1.29 is 29.0 Å². The zero-order valence-corrected chi connectivity index (χ0v) is 23.3. The van der Waals surface area contributed by atoms with E-state index in [0.717, 1.165) is 16.7 Å². The topological polar surface area (TPSA) is 93.1 Å². The van der Waals surface area contributed by atoms with Crippen LogP contribution in [0.25, 0.3) is 5.76 Å². The second kappa shape index (κ2) is 10.4. The van der Waals surface area contributed by atoms with Crippen LogP contribution in [0, 0.1) is 13.8 Å². The molecule has 0 radical (unpaired) electrons. The number of ketones is 1. The van der Waals surface area contributed by atoms with Crippen LogP contribution in [0.15, 0.2) is 66.2 Å². The van der Waals surface area contributed by atoms with Gasteiger partial charge < -0.3 is 14.6 Å². The molecule has 3 aromatic carbocycles. The van der Waals surface area contributed by atoms with Crippen molar-refractivity contribution in [2.45, 2.75) is 53.0 Å². The summed E-state index contributed by atoms with van der Waals surface area (Å²) in [4.78, 5) is 39.9. The Balaban J connectivity index is 1.94. The van der Waals surface area contributed by atoms with Gasteiger partial charge in [0.15, 0.2) is 0 Å². The highest BCUT2D eigenvalue weighted by Crippen LogP contribution is 2.43. The van der Waals surface area contributed by atoms with Gasteiger partial charge in [0.05, 0.1) is 18.7 Å². The average molecular weight is 528 g/mol. The molecule has 1 N–H and O–H groups in total. The van der Waals surface area contributed by atoms with Crippen molar-refractivity contribution in [3.8, 4) is 11.5 Å². The fourth-order valence-electron chi connectivity index (χ4n) is 4.77. The number of carbonyl (C=O) groups excluding carboxylic acids is 3. The highest BCUT2D eigenvalue weighted by molar-refractivity contribution is 6.51. The van der Waals surface area contributed by atoms with Gasteiger partial charge in [-0.25, -0.2) is 0 Å². The molecule has 1 amide bonds. The molecule has 1 saturated heterocycles. The molecule has 0 aliphatic carbocycles. The van der Waals surface area contributed by atoms with Crippen molar-refractivity contribution >= 4 is 29.1 Å². The zero-order chi connectivity index (χ0) is 28.6. The lowest BCUT2D eigenvalue weighted by atomic mass is 9.84. The van der Waals surface area contributed by atoms with Crippen molar-refractivity contribution in [1.82, 2.24) is 0 Å². The Morgan fingerprint density at radius 2 is 1.59 bits per heavy atom. The highest BCUT2D eigenvalue weighted by Gasteiger charge is 2.47. The van der Waals surface area contributed by atoms with Gasteiger partial charge in [-0.2, -0.15) is 0 Å². The Labute approximate surface area is 228 Å². The maximum absolute atomic E-state index is 13.6. The van der Waals surface area contributed by atoms with E-state index in [2.05, 4.69) is 0 Å². The molecule has 3 aromatic rings. The Kier molecular flexibility index (Phi) is 7.37. The van der Waals surface area contributed by atoms with Crippen molar-refractivity contribution in [1.29, 1.82) is 0 Å². The van der Waals surface area contributed by atoms with E-state index in [1.807, 2.05) is 46.8 Å². The maximum atomic E-state index is 13.6. The Morgan fingerprint density at radius 3 is 2.15 bits per heavy atom. The van der Waals surface area contributed by atoms with E-state index in [1.54, 1.807) is 55.6 Å². The number of carbonyl (C=O) groups is 3. The Hall–Kier alpha value is -4.39. The molecule has 0 saturated carbocycles. The summed E-state index contributed by atoms with van der Waals surface area (Å²) < 4.78 is 10.7. The van der Waals surface area contributed by atoms with Crippen LogP contribution in [0.2, 0.25) is 0 Å². The number of methoxy groups -OCH3 is 1. The molecule has 0 bridgehead atoms. The van der Waals surface area contributed by atoms with Crippen LogP contribution in [-0.2, 0) is 19.8 Å². The smallest absolute Gasteiger partial charge is 0.308 e. The van der Waals surface area contributed by atoms with Crippen LogP contribution < -0.4 is 14.4 Å². The third-order valence-electron chi connectivity index (χ3n) is 6.95. The number of aliphatic hydroxyl groups excluding tert-OH is 1. The van der Waals surface area contributed by atoms with Gasteiger partial charge in [0.2, 0.25) is 0 Å². The number of rotatable bonds is 5. The third kappa shape index (κ3) is 5.30. The summed E-state index contributed by atoms with van der Waals surface area (Å²) in [5.41, 5.74) is 4.05. The molecule has 0 aromatic heterocycles. The maximum Gasteiger partial charge on any atom is 0.308 e. The zero-order valence-electron chi connectivity index (χ0n) is 23.3. The first-order valence-corrected chi connectivity index (χ1v) is 12.7. The number of amides is 1. The summed E-state index contributed by atoms with van der Waals surface area (Å²) in [6.07, 6.45) is 0. The first kappa shape index (κ1) is 27.6. The van der Waals surface area contributed by atoms with Gasteiger partial charge >= 0.3 is 5.97 Å². The van der Waals surface area contributed by atoms with Crippen LogP contribution in [0.5, 0.6) is 11.5 Å². The van der Waals surface area contributed by atoms with Crippen LogP contribution in [-0.4, -0.2) is 29.9 Å². The van der Waals surface area contributed by atoms with Crippen LogP contribution in [0.1, 0.15) is 61.6 Å². The molecule has 1 aliphatic rings. The first-order valence-electron chi connectivity index (χ1n) is 12.7. The largest absolute Gasteiger partial charge is 0.507 e. The SMILES string of the molecule is COc1ccc(/C(O)=C2/C(=O)C(=O)N(c3ccc(C)c(C)c3)C2c2ccc(OC(C)=O)cc2)cc1C(C)(C)C. The van der Waals surface area contributed by atoms with Gasteiger partial charge in [-0.05, 0) is 78.4 Å². The van der Waals surface area contributed by atoms with E-state index >= 15 is 0 Å². The summed E-state index contributed by atoms with van der Waals surface area (Å²) in [5.74, 6) is -1.27. The molecular formula is C32H33NO6. The first-order chi connectivity index (χ1) is 18.3. The van der Waals surface area contributed by atoms with E-state index in [9.17, 15) is 19.5 Å². The summed E-state index contributed by atoms with van der Waals surface area (Å²) in [6.45, 7) is 11.3. The van der Waals surface area contributed by atoms with Crippen LogP contribution in [0.4, 0.5) is 5.69 Å². The second-order valence-electron chi connectivity index (χ2n) is 10.8. The molecule has 1 unspecified atom stereocenters. The number of aryl methyl sites for hydroxylation is 2. The minimum Gasteiger partial charge on any atom is -0.507 e. The molecule has 0 spiro atoms. The molecule has 39 heavy (non-hydrogen) atoms. The van der Waals surface area contributed by atoms with Gasteiger partial charge in [-0.1, -0.05) is 39.0 Å². The number of aliphatic hydroxyl groups is 1. The Bertz CT molecular complexity index is 1490. The van der Waals surface area contributed by atoms with E-state index < -0.39 is 23.7 Å². The molecule has 7 nitrogen and oxygen atoms in total. The number of ether oxygens (including phenoxy) is 2. The number of benzene rings is 3. The Morgan fingerprint density at radius 1 is 0.923 bits per heavy atom. The van der Waals surface area contributed by atoms with Gasteiger partial charge in [0.1, 0.15) is 17.3 Å². The lowest BCUT2D eigenvalue weighted by Gasteiger charge is -2.26. The molecule has 1 heterocycles. The van der Waals surface area contributed by atoms with Crippen LogP contribution >= 0.6 is 0 Å². The molecule has 4 rings (SSSR count). The normalized spacial score (nSPS) is 16.9. The third-order valence-corrected chi connectivity index (χ3v) is 6.95. The van der Waals surface area contributed by atoms with Crippen molar-refractivity contribution in [2.75, 3.05) is 12.0 Å². The molecule has 1 aliphatic heterocycles. The van der Waals surface area contributed by atoms with Gasteiger partial charge in [0, 0.05) is 23.7 Å². The van der Waals surface area contributed by atoms with E-state index in [0.29, 0.717) is 28.3 Å². The molecule has 1 atom stereocenters. The summed E-state index contributed by atoms with van der Waals surface area (Å²) in [6, 6.07) is 16.4. The lowest BCUT2D eigenvalue weighted by Crippen LogP contribution is -2.29. The molecule has 202 valence electrons. The summed E-state index contributed by atoms with van der Waals surface area (Å²) in [7, 11) is 1.58. The standard InChI is InChI=1S/C32H33NO6/c1-18-8-12-23(16-19(18)2)33-28(21-9-13-24(14-10-21)39-20(3)34)27(30(36)31(33)37)29(35)22-11-15-26(38-7)25(17-22)32(4,5)6/h8-17,28,35H,1-7H3/b29-27-. The van der Waals surface area contributed by atoms with Crippen molar-refractivity contribution in [2.24, 2.45) is 0 Å². The van der Waals surface area contributed by atoms with E-state index in [4.69, 9.17) is 9.47 Å². The summed E-state index contributed by atoms with van der Waals surface area (Å²) >= 11 is 0. The molecule has 1 fully saturated rings. The number of nitrogens with zero attached hydrogens (tertiary/aromatic N) is 1. The second-order valence-corrected chi connectivity index (χ2v) is 10.8. The number of Topliss-reactive ketones (excluding diaryl/α,β-unsaturated/α-hetero) is 1. The van der Waals surface area contributed by atoms with Crippen molar-refractivity contribution in [3.63, 3.8) is 0 Å². The number of esters is 1. The van der Waals surface area contributed by atoms with E-state index in [-0.39, 0.29) is 16.7 Å². The number of hydrogen-bond donors (Lipinski definition) is 1. The predicted octanol–water partition coefficient (Wildman–Crippen LogP) is 6.16. The van der Waals surface area contributed by atoms with Gasteiger partial charge in [-0.15, -0.1) is 0 Å². The number of hydrogen-bond acceptors (Lipinski definition) is 6. The van der Waals surface area contributed by atoms with E-state index in [1.165, 1.54) is 11.8 Å². The van der Waals surface area contributed by atoms with Gasteiger partial charge in [0.25, 0.3) is 11.7 Å². The highest BCUT2D eigenvalue weighted by atomic mass is 16.5. The molecular weight excluding hydrogens is 494 g/mol. The summed E-state index contributed by atoms with van der Waals surface area (Å²) in [5, 5.41) is 11.6. The number of anilines is 1. The van der Waals surface area contributed by atoms with Crippen molar-refractivity contribution in [3.05, 3.63) is 94.1 Å². The van der Waals surface area contributed by atoms with Crippen LogP contribution in [0.3, 0.4) is 0 Å². The minimum atomic E-state index is -0.904. The minimum absolute atomic E-state index is 0.0245.